The Morgan fingerprint density at radius 3 is 2.03 bits per heavy atom. The first-order chi connectivity index (χ1) is 15.1. The molecule has 0 aliphatic carbocycles. The minimum atomic E-state index is -1.40. The van der Waals surface area contributed by atoms with Gasteiger partial charge in [0.25, 0.3) is 5.91 Å². The number of urea groups is 1. The first kappa shape index (κ1) is 18.8. The average Bonchev–Trinajstić information content (AvgIpc) is 3.35. The number of hydrogen-bond donors (Lipinski definition) is 1. The third kappa shape index (κ3) is 3.00. The minimum Gasteiger partial charge on any atom is -0.453 e. The molecule has 2 heterocycles. The van der Waals surface area contributed by atoms with Crippen molar-refractivity contribution in [3.63, 3.8) is 0 Å². The lowest BCUT2D eigenvalue weighted by molar-refractivity contribution is -0.129. The van der Waals surface area contributed by atoms with E-state index < -0.39 is 29.8 Å². The Morgan fingerprint density at radius 2 is 1.42 bits per heavy atom. The summed E-state index contributed by atoms with van der Waals surface area (Å²) < 4.78 is 5.61. The first-order valence-corrected chi connectivity index (χ1v) is 9.86. The molecule has 31 heavy (non-hydrogen) atoms. The highest BCUT2D eigenvalue weighted by atomic mass is 16.3. The highest BCUT2D eigenvalue weighted by Crippen LogP contribution is 2.36. The van der Waals surface area contributed by atoms with Crippen molar-refractivity contribution in [3.8, 4) is 0 Å². The standard InChI is InChI=1S/C25H18N2O4/c28-20(22-15-17-9-7-8-14-21(17)31-22)16-27-23(29)25(26-24(27)30,18-10-3-1-4-11-18)19-12-5-2-6-13-19/h1-15H,16H2,(H,26,30). The number of ketones is 1. The lowest BCUT2D eigenvalue weighted by Crippen LogP contribution is -2.45. The van der Waals surface area contributed by atoms with Crippen LogP contribution >= 0.6 is 0 Å². The van der Waals surface area contributed by atoms with E-state index in [1.54, 1.807) is 36.4 Å². The van der Waals surface area contributed by atoms with Crippen LogP contribution in [0.2, 0.25) is 0 Å². The number of amides is 3. The van der Waals surface area contributed by atoms with Crippen molar-refractivity contribution < 1.29 is 18.8 Å². The number of benzene rings is 3. The monoisotopic (exact) mass is 410 g/mol. The van der Waals surface area contributed by atoms with Crippen LogP contribution in [0, 0.1) is 0 Å². The van der Waals surface area contributed by atoms with Crippen LogP contribution in [0.25, 0.3) is 11.0 Å². The summed E-state index contributed by atoms with van der Waals surface area (Å²) in [5, 5.41) is 3.62. The SMILES string of the molecule is O=C(CN1C(=O)NC(c2ccccc2)(c2ccccc2)C1=O)c1cc2ccccc2o1. The largest absolute Gasteiger partial charge is 0.453 e. The van der Waals surface area contributed by atoms with Gasteiger partial charge >= 0.3 is 6.03 Å². The predicted octanol–water partition coefficient (Wildman–Crippen LogP) is 4.11. The van der Waals surface area contributed by atoms with Gasteiger partial charge in [0.05, 0.1) is 6.54 Å². The lowest BCUT2D eigenvalue weighted by atomic mass is 9.82. The van der Waals surface area contributed by atoms with E-state index in [2.05, 4.69) is 5.32 Å². The maximum absolute atomic E-state index is 13.6. The molecular weight excluding hydrogens is 392 g/mol. The number of nitrogens with one attached hydrogen (secondary N) is 1. The predicted molar refractivity (Wildman–Crippen MR) is 114 cm³/mol. The summed E-state index contributed by atoms with van der Waals surface area (Å²) in [7, 11) is 0. The second kappa shape index (κ2) is 7.25. The van der Waals surface area contributed by atoms with Crippen LogP contribution in [0.1, 0.15) is 21.7 Å². The molecule has 0 unspecified atom stereocenters. The summed E-state index contributed by atoms with van der Waals surface area (Å²) in [5.41, 5.74) is 0.427. The molecule has 1 aromatic heterocycles. The van der Waals surface area contributed by atoms with E-state index in [9.17, 15) is 14.4 Å². The topological polar surface area (TPSA) is 79.6 Å². The molecule has 3 amide bonds. The molecule has 0 spiro atoms. The van der Waals surface area contributed by atoms with Crippen molar-refractivity contribution in [2.75, 3.05) is 6.54 Å². The van der Waals surface area contributed by atoms with Crippen LogP contribution in [0.15, 0.2) is 95.4 Å². The Morgan fingerprint density at radius 1 is 0.839 bits per heavy atom. The quantitative estimate of drug-likeness (QED) is 0.397. The molecule has 1 fully saturated rings. The van der Waals surface area contributed by atoms with Crippen LogP contribution in [0.4, 0.5) is 4.79 Å². The summed E-state index contributed by atoms with van der Waals surface area (Å²) in [6.07, 6.45) is 0. The number of nitrogens with zero attached hydrogens (tertiary/aromatic N) is 1. The molecule has 1 N–H and O–H groups in total. The zero-order chi connectivity index (χ0) is 21.4. The third-order valence-electron chi connectivity index (χ3n) is 5.52. The fourth-order valence-electron chi connectivity index (χ4n) is 3.99. The highest BCUT2D eigenvalue weighted by molar-refractivity contribution is 6.13. The summed E-state index contributed by atoms with van der Waals surface area (Å²) in [6.45, 7) is -0.411. The van der Waals surface area contributed by atoms with E-state index >= 15 is 0 Å². The number of rotatable bonds is 5. The van der Waals surface area contributed by atoms with Gasteiger partial charge in [0.2, 0.25) is 5.78 Å². The molecule has 1 aliphatic rings. The fourth-order valence-corrected chi connectivity index (χ4v) is 3.99. The van der Waals surface area contributed by atoms with Gasteiger partial charge in [-0.05, 0) is 23.3 Å². The number of Topliss-reactive ketones (excluding diaryl/α,β-unsaturated/α-hetero) is 1. The van der Waals surface area contributed by atoms with Gasteiger partial charge in [-0.25, -0.2) is 4.79 Å². The van der Waals surface area contributed by atoms with E-state index in [1.807, 2.05) is 54.6 Å². The van der Waals surface area contributed by atoms with Crippen molar-refractivity contribution in [3.05, 3.63) is 108 Å². The molecule has 1 saturated heterocycles. The van der Waals surface area contributed by atoms with Crippen LogP contribution < -0.4 is 5.32 Å². The fraction of sp³-hybridized carbons (Fsp3) is 0.0800. The van der Waals surface area contributed by atoms with Crippen molar-refractivity contribution in [1.82, 2.24) is 10.2 Å². The highest BCUT2D eigenvalue weighted by Gasteiger charge is 2.54. The zero-order valence-corrected chi connectivity index (χ0v) is 16.4. The molecule has 0 radical (unpaired) electrons. The summed E-state index contributed by atoms with van der Waals surface area (Å²) >= 11 is 0. The second-order valence-electron chi connectivity index (χ2n) is 7.38. The van der Waals surface area contributed by atoms with Gasteiger partial charge in [-0.1, -0.05) is 78.9 Å². The number of carbonyl (C=O) groups excluding carboxylic acids is 3. The van der Waals surface area contributed by atoms with Crippen molar-refractivity contribution in [2.45, 2.75) is 5.54 Å². The Kier molecular flexibility index (Phi) is 4.40. The van der Waals surface area contributed by atoms with Crippen LogP contribution in [0.5, 0.6) is 0 Å². The molecule has 6 heteroatoms. The molecule has 3 aromatic carbocycles. The molecule has 1 aliphatic heterocycles. The normalized spacial score (nSPS) is 15.3. The Balaban J connectivity index is 1.52. The summed E-state index contributed by atoms with van der Waals surface area (Å²) in [5.74, 6) is -0.838. The summed E-state index contributed by atoms with van der Waals surface area (Å²) in [6, 6.07) is 26.3. The van der Waals surface area contributed by atoms with E-state index in [-0.39, 0.29) is 5.76 Å². The van der Waals surface area contributed by atoms with Gasteiger partial charge in [0, 0.05) is 5.39 Å². The van der Waals surface area contributed by atoms with Crippen LogP contribution in [-0.2, 0) is 10.3 Å². The second-order valence-corrected chi connectivity index (χ2v) is 7.38. The van der Waals surface area contributed by atoms with E-state index in [1.165, 1.54) is 0 Å². The first-order valence-electron chi connectivity index (χ1n) is 9.86. The van der Waals surface area contributed by atoms with Gasteiger partial charge in [0.1, 0.15) is 5.58 Å². The number of imide groups is 1. The number of fused-ring (bicyclic) bond motifs is 1. The Labute approximate surface area is 178 Å². The molecule has 5 rings (SSSR count). The van der Waals surface area contributed by atoms with Crippen LogP contribution in [0.3, 0.4) is 0 Å². The van der Waals surface area contributed by atoms with Crippen molar-refractivity contribution in [1.29, 1.82) is 0 Å². The maximum atomic E-state index is 13.6. The number of para-hydroxylation sites is 1. The third-order valence-corrected chi connectivity index (χ3v) is 5.52. The van der Waals surface area contributed by atoms with E-state index in [4.69, 9.17) is 4.42 Å². The maximum Gasteiger partial charge on any atom is 0.325 e. The van der Waals surface area contributed by atoms with Gasteiger partial charge < -0.3 is 9.73 Å². The molecular formula is C25H18N2O4. The van der Waals surface area contributed by atoms with Crippen molar-refractivity contribution in [2.24, 2.45) is 0 Å². The summed E-state index contributed by atoms with van der Waals surface area (Å²) in [4.78, 5) is 40.4. The minimum absolute atomic E-state index is 0.110. The average molecular weight is 410 g/mol. The number of hydrogen-bond acceptors (Lipinski definition) is 4. The van der Waals surface area contributed by atoms with Gasteiger partial charge in [-0.2, -0.15) is 0 Å². The lowest BCUT2D eigenvalue weighted by Gasteiger charge is -2.27. The molecule has 4 aromatic rings. The van der Waals surface area contributed by atoms with Gasteiger partial charge in [-0.3, -0.25) is 14.5 Å². The van der Waals surface area contributed by atoms with E-state index in [0.29, 0.717) is 16.7 Å². The van der Waals surface area contributed by atoms with Crippen molar-refractivity contribution >= 4 is 28.7 Å². The zero-order valence-electron chi connectivity index (χ0n) is 16.4. The molecule has 0 bridgehead atoms. The number of furan rings is 1. The van der Waals surface area contributed by atoms with Gasteiger partial charge in [-0.15, -0.1) is 0 Å². The van der Waals surface area contributed by atoms with E-state index in [0.717, 1.165) is 10.3 Å². The van der Waals surface area contributed by atoms with Gasteiger partial charge in [0.15, 0.2) is 11.3 Å². The van der Waals surface area contributed by atoms with Crippen LogP contribution in [-0.4, -0.2) is 29.2 Å². The molecule has 152 valence electrons. The molecule has 0 saturated carbocycles. The Bertz CT molecular complexity index is 1220. The molecule has 0 atom stereocenters. The smallest absolute Gasteiger partial charge is 0.325 e. The Hall–Kier alpha value is -4.19. The number of carbonyl (C=O) groups is 3. The molecule has 6 nitrogen and oxygen atoms in total.